The third kappa shape index (κ3) is 8220. The van der Waals surface area contributed by atoms with Gasteiger partial charge in [-0.3, -0.25) is 8.42 Å². The maximum absolute atomic E-state index is 8.52. The van der Waals surface area contributed by atoms with Crippen molar-refractivity contribution >= 4 is 30.8 Å². The van der Waals surface area contributed by atoms with Crippen LogP contribution in [-0.4, -0.2) is 83.2 Å². The second-order valence-electron chi connectivity index (χ2n) is 0.453. The number of halogens is 2. The van der Waals surface area contributed by atoms with Crippen LogP contribution in [0.1, 0.15) is 0 Å². The average Bonchev–Trinajstić information content (AvgIpc) is 1.27. The van der Waals surface area contributed by atoms with Crippen molar-refractivity contribution in [3.63, 3.8) is 0 Å². The zero-order chi connectivity index (χ0) is 7.21. The molecule has 0 rings (SSSR count). The molecule has 16 nitrogen and oxygen atoms in total. The summed E-state index contributed by atoms with van der Waals surface area (Å²) < 4.78 is 34.1. The number of hydrogen-bond donors (Lipinski definition) is 0. The van der Waals surface area contributed by atoms with Crippen LogP contribution < -0.4 is 0 Å². The molecule has 24 N–H and O–H groups in total. The maximum Gasteiger partial charge on any atom is 2.00 e. The first kappa shape index (κ1) is 199. The van der Waals surface area contributed by atoms with Gasteiger partial charge in [-0.15, -0.1) is 0 Å². The number of rotatable bonds is 0. The van der Waals surface area contributed by atoms with Crippen LogP contribution in [0.2, 0.25) is 0 Å². The van der Waals surface area contributed by atoms with E-state index in [0.717, 1.165) is 0 Å². The molecule has 0 unspecified atom stereocenters. The van der Waals surface area contributed by atoms with E-state index >= 15 is 0 Å². The molecule has 0 aliphatic rings. The smallest absolute Gasteiger partial charge is 2.00 e. The van der Waals surface area contributed by atoms with Crippen molar-refractivity contribution in [1.29, 1.82) is 0 Å². The molecule has 0 amide bonds. The summed E-state index contributed by atoms with van der Waals surface area (Å²) in [4.78, 5) is 0. The predicted octanol–water partition coefficient (Wildman–Crippen LogP) is -9.86. The van der Waals surface area contributed by atoms with Gasteiger partial charge in [0.15, 0.2) is 0 Å². The van der Waals surface area contributed by atoms with E-state index in [0.29, 0.717) is 12.7 Å². The molecule has 0 aromatic rings. The van der Waals surface area contributed by atoms with Crippen LogP contribution in [0, 0.1) is 0 Å². The molecular formula is H24Cl2Ni2O16S. The molecule has 0 aliphatic heterocycles. The van der Waals surface area contributed by atoms with Gasteiger partial charge in [0.1, 0.15) is 0 Å². The van der Waals surface area contributed by atoms with E-state index in [1.165, 1.54) is 0 Å². The SMILES string of the molecule is O.O.O.O.O.O.O.O.O.O.O.O.O=S(=O)([O-])[O-].[Cl][Ni][Cl].[Ni+2]. The van der Waals surface area contributed by atoms with E-state index in [1.54, 1.807) is 0 Å². The molecule has 0 fully saturated rings. The Labute approximate surface area is 143 Å². The molecular weight excluding hydrogens is 476 g/mol. The summed E-state index contributed by atoms with van der Waals surface area (Å²) in [6, 6.07) is 0. The minimum atomic E-state index is -5.17. The third-order valence-electron chi connectivity index (χ3n) is 0. The van der Waals surface area contributed by atoms with Crippen molar-refractivity contribution in [2.75, 3.05) is 0 Å². The molecule has 21 heteroatoms. The first-order chi connectivity index (χ1) is 3.41. The molecule has 0 atom stereocenters. The predicted molar refractivity (Wildman–Crippen MR) is 65.5 cm³/mol. The Kier molecular flexibility index (Phi) is 1250. The minimum absolute atomic E-state index is 0. The fourth-order valence-electron chi connectivity index (χ4n) is 0. The van der Waals surface area contributed by atoms with E-state index in [2.05, 4.69) is 0 Å². The molecule has 0 heterocycles. The second-order valence-corrected chi connectivity index (χ2v) is 2.90. The first-order valence-electron chi connectivity index (χ1n) is 0.906. The van der Waals surface area contributed by atoms with E-state index in [9.17, 15) is 0 Å². The largest absolute Gasteiger partial charge is 2.00 e. The molecule has 0 radical (unpaired) electrons. The van der Waals surface area contributed by atoms with Crippen molar-refractivity contribution in [2.45, 2.75) is 0 Å². The first-order valence-corrected chi connectivity index (χ1v) is 4.96. The van der Waals surface area contributed by atoms with Crippen LogP contribution in [0.4, 0.5) is 0 Å². The average molecular weight is 501 g/mol. The monoisotopic (exact) mass is 498 g/mol. The Bertz CT molecular complexity index is 118. The minimum Gasteiger partial charge on any atom is 2.00 e. The molecule has 0 aromatic carbocycles. The fraction of sp³-hybridized carbons (Fsp3) is 0. The topological polar surface area (TPSA) is 458 Å². The Morgan fingerprint density at radius 3 is 0.571 bits per heavy atom. The van der Waals surface area contributed by atoms with Gasteiger partial charge in [-0.2, -0.15) is 0 Å². The summed E-state index contributed by atoms with van der Waals surface area (Å²) in [6.45, 7) is 0. The Morgan fingerprint density at radius 2 is 0.571 bits per heavy atom. The third-order valence-corrected chi connectivity index (χ3v) is 0. The van der Waals surface area contributed by atoms with Gasteiger partial charge in [0.05, 0.1) is 0 Å². The standard InChI is InChI=1S/2ClH.2Ni.H2O4S.12H2O/c;;;;1-5(2,3)4;;;;;;;;;;;;/h2*1H;;;(H2,1,2,3,4);12*1H2/q;;2*+2;;;;;;;;;;;;;/p-4. The van der Waals surface area contributed by atoms with E-state index in [-0.39, 0.29) is 82.2 Å². The molecule has 0 bridgehead atoms. The molecule has 0 saturated carbocycles. The maximum atomic E-state index is 8.52. The fourth-order valence-corrected chi connectivity index (χ4v) is 0. The van der Waals surface area contributed by atoms with Gasteiger partial charge in [0, 0.05) is 10.4 Å². The van der Waals surface area contributed by atoms with Gasteiger partial charge < -0.3 is 74.8 Å². The van der Waals surface area contributed by atoms with Gasteiger partial charge in [-0.05, 0) is 0 Å². The van der Waals surface area contributed by atoms with Crippen molar-refractivity contribution in [3.8, 4) is 0 Å². The van der Waals surface area contributed by atoms with Crippen LogP contribution in [0.15, 0.2) is 0 Å². The van der Waals surface area contributed by atoms with Gasteiger partial charge in [0.25, 0.3) is 0 Å². The van der Waals surface area contributed by atoms with Crippen LogP contribution in [0.3, 0.4) is 0 Å². The Balaban J connectivity index is -0.00000000167. The van der Waals surface area contributed by atoms with Crippen LogP contribution in [0.25, 0.3) is 0 Å². The molecule has 0 saturated heterocycles. The van der Waals surface area contributed by atoms with Crippen molar-refractivity contribution in [3.05, 3.63) is 0 Å². The molecule has 0 aromatic heterocycles. The van der Waals surface area contributed by atoms with Crippen LogP contribution in [0.5, 0.6) is 0 Å². The Morgan fingerprint density at radius 1 is 0.571 bits per heavy atom. The molecule has 160 valence electrons. The quantitative estimate of drug-likeness (QED) is 0.177. The van der Waals surface area contributed by atoms with Crippen molar-refractivity contribution in [1.82, 2.24) is 0 Å². The zero-order valence-electron chi connectivity index (χ0n) is 9.43. The summed E-state index contributed by atoms with van der Waals surface area (Å²) in [5.41, 5.74) is 0. The van der Waals surface area contributed by atoms with Crippen molar-refractivity contribution in [2.24, 2.45) is 0 Å². The molecule has 0 spiro atoms. The second kappa shape index (κ2) is 132. The van der Waals surface area contributed by atoms with Crippen LogP contribution >= 0.6 is 20.4 Å². The van der Waals surface area contributed by atoms with E-state index in [4.69, 9.17) is 37.9 Å². The normalized spacial score (nSPS) is 3.81. The van der Waals surface area contributed by atoms with Gasteiger partial charge in [-0.25, -0.2) is 0 Å². The van der Waals surface area contributed by atoms with Gasteiger partial charge >= 0.3 is 49.5 Å². The summed E-state index contributed by atoms with van der Waals surface area (Å²) in [6.07, 6.45) is 0. The number of hydrogen-bond acceptors (Lipinski definition) is 4. The summed E-state index contributed by atoms with van der Waals surface area (Å²) >= 11 is 0.569. The van der Waals surface area contributed by atoms with Gasteiger partial charge in [0.2, 0.25) is 0 Å². The van der Waals surface area contributed by atoms with E-state index in [1.807, 2.05) is 0 Å². The molecule has 0 aliphatic carbocycles. The molecule has 21 heavy (non-hydrogen) atoms. The summed E-state index contributed by atoms with van der Waals surface area (Å²) in [5.74, 6) is 0. The van der Waals surface area contributed by atoms with E-state index < -0.39 is 10.4 Å². The summed E-state index contributed by atoms with van der Waals surface area (Å²) in [7, 11) is 4.24. The van der Waals surface area contributed by atoms with Crippen molar-refractivity contribution < 1.29 is 112 Å². The zero-order valence-corrected chi connectivity index (χ0v) is 13.7. The summed E-state index contributed by atoms with van der Waals surface area (Å²) in [5, 5.41) is 0. The van der Waals surface area contributed by atoms with Crippen LogP contribution in [-0.2, 0) is 39.5 Å². The Hall–Kier alpha value is 0.957. The van der Waals surface area contributed by atoms with Gasteiger partial charge in [-0.1, -0.05) is 0 Å².